The fourth-order valence-corrected chi connectivity index (χ4v) is 1.83. The second-order valence-corrected chi connectivity index (χ2v) is 4.12. The number of aromatic nitrogens is 4. The molecule has 2 aromatic rings. The highest BCUT2D eigenvalue weighted by Crippen LogP contribution is 2.34. The SMILES string of the molecule is O=C(O)C(Nc1ncnc2nc[nH]c12)C1CC1. The maximum Gasteiger partial charge on any atom is 0.326 e. The summed E-state index contributed by atoms with van der Waals surface area (Å²) in [6.07, 6.45) is 4.77. The number of carboxylic acid groups (broad SMARTS) is 1. The van der Waals surface area contributed by atoms with Crippen molar-refractivity contribution in [1.82, 2.24) is 19.9 Å². The Morgan fingerprint density at radius 2 is 2.29 bits per heavy atom. The van der Waals surface area contributed by atoms with Gasteiger partial charge >= 0.3 is 5.97 Å². The maximum absolute atomic E-state index is 11.1. The molecule has 2 aromatic heterocycles. The first kappa shape index (κ1) is 10.0. The van der Waals surface area contributed by atoms with Crippen LogP contribution in [0.1, 0.15) is 12.8 Å². The standard InChI is InChI=1S/C10H11N5O2/c16-10(17)6(5-1-2-5)15-9-7-8(12-3-11-7)13-4-14-9/h3-6H,1-2H2,(H,16,17)(H2,11,12,13,14,15). The van der Waals surface area contributed by atoms with Gasteiger partial charge in [0.1, 0.15) is 17.9 Å². The number of fused-ring (bicyclic) bond motifs is 1. The van der Waals surface area contributed by atoms with Gasteiger partial charge in [-0.05, 0) is 18.8 Å². The molecular weight excluding hydrogens is 222 g/mol. The largest absolute Gasteiger partial charge is 0.480 e. The van der Waals surface area contributed by atoms with Crippen LogP contribution in [0.15, 0.2) is 12.7 Å². The minimum atomic E-state index is -0.848. The van der Waals surface area contributed by atoms with Crippen molar-refractivity contribution >= 4 is 23.0 Å². The van der Waals surface area contributed by atoms with E-state index >= 15 is 0 Å². The highest BCUT2D eigenvalue weighted by molar-refractivity contribution is 5.85. The molecule has 0 amide bonds. The molecule has 7 nitrogen and oxygen atoms in total. The van der Waals surface area contributed by atoms with Gasteiger partial charge in [0.15, 0.2) is 11.5 Å². The number of aliphatic carboxylic acids is 1. The fourth-order valence-electron chi connectivity index (χ4n) is 1.83. The Labute approximate surface area is 96.3 Å². The van der Waals surface area contributed by atoms with Crippen molar-refractivity contribution in [2.24, 2.45) is 5.92 Å². The molecule has 0 aromatic carbocycles. The van der Waals surface area contributed by atoms with Gasteiger partial charge in [-0.3, -0.25) is 0 Å². The molecule has 0 bridgehead atoms. The Hall–Kier alpha value is -2.18. The van der Waals surface area contributed by atoms with Crippen LogP contribution in [0.4, 0.5) is 5.82 Å². The van der Waals surface area contributed by atoms with Gasteiger partial charge in [0.05, 0.1) is 6.33 Å². The predicted molar refractivity (Wildman–Crippen MR) is 59.5 cm³/mol. The van der Waals surface area contributed by atoms with Crippen LogP contribution in [0.5, 0.6) is 0 Å². The third-order valence-electron chi connectivity index (χ3n) is 2.87. The summed E-state index contributed by atoms with van der Waals surface area (Å²) in [6.45, 7) is 0. The molecule has 0 aliphatic heterocycles. The summed E-state index contributed by atoms with van der Waals surface area (Å²) in [6, 6.07) is -0.587. The lowest BCUT2D eigenvalue weighted by atomic mass is 10.2. The van der Waals surface area contributed by atoms with Gasteiger partial charge in [-0.2, -0.15) is 0 Å². The van der Waals surface area contributed by atoms with E-state index in [0.29, 0.717) is 17.0 Å². The Morgan fingerprint density at radius 3 is 3.00 bits per heavy atom. The average molecular weight is 233 g/mol. The molecule has 3 rings (SSSR count). The lowest BCUT2D eigenvalue weighted by Gasteiger charge is -2.13. The van der Waals surface area contributed by atoms with Gasteiger partial charge in [0.25, 0.3) is 0 Å². The first-order valence-electron chi connectivity index (χ1n) is 5.39. The van der Waals surface area contributed by atoms with E-state index in [1.54, 1.807) is 0 Å². The van der Waals surface area contributed by atoms with Gasteiger partial charge in [-0.25, -0.2) is 19.7 Å². The molecule has 0 saturated heterocycles. The fraction of sp³-hybridized carbons (Fsp3) is 0.400. The van der Waals surface area contributed by atoms with Gasteiger partial charge in [-0.1, -0.05) is 0 Å². The molecule has 17 heavy (non-hydrogen) atoms. The van der Waals surface area contributed by atoms with E-state index in [2.05, 4.69) is 25.3 Å². The lowest BCUT2D eigenvalue weighted by Crippen LogP contribution is -2.31. The third-order valence-corrected chi connectivity index (χ3v) is 2.87. The van der Waals surface area contributed by atoms with Crippen LogP contribution in [0.3, 0.4) is 0 Å². The van der Waals surface area contributed by atoms with Crippen molar-refractivity contribution in [2.75, 3.05) is 5.32 Å². The number of nitrogens with zero attached hydrogens (tertiary/aromatic N) is 3. The number of H-pyrrole nitrogens is 1. The van der Waals surface area contributed by atoms with Crippen LogP contribution < -0.4 is 5.32 Å². The number of carboxylic acids is 1. The normalized spacial score (nSPS) is 16.9. The minimum absolute atomic E-state index is 0.195. The number of anilines is 1. The third kappa shape index (κ3) is 1.79. The monoisotopic (exact) mass is 233 g/mol. The van der Waals surface area contributed by atoms with Crippen LogP contribution in [-0.2, 0) is 4.79 Å². The Bertz CT molecular complexity index is 563. The summed E-state index contributed by atoms with van der Waals surface area (Å²) in [4.78, 5) is 26.1. The Balaban J connectivity index is 1.93. The first-order chi connectivity index (χ1) is 8.25. The molecule has 1 saturated carbocycles. The molecule has 7 heteroatoms. The zero-order chi connectivity index (χ0) is 11.8. The number of nitrogens with one attached hydrogen (secondary N) is 2. The van der Waals surface area contributed by atoms with E-state index in [9.17, 15) is 4.79 Å². The molecule has 0 spiro atoms. The maximum atomic E-state index is 11.1. The summed E-state index contributed by atoms with van der Waals surface area (Å²) in [5.74, 6) is -0.161. The number of aromatic amines is 1. The molecule has 1 atom stereocenters. The van der Waals surface area contributed by atoms with Crippen LogP contribution in [0.25, 0.3) is 11.2 Å². The molecule has 88 valence electrons. The van der Waals surface area contributed by atoms with Gasteiger partial charge in [0, 0.05) is 0 Å². The lowest BCUT2D eigenvalue weighted by molar-refractivity contribution is -0.138. The molecule has 0 radical (unpaired) electrons. The van der Waals surface area contributed by atoms with Crippen molar-refractivity contribution in [1.29, 1.82) is 0 Å². The Morgan fingerprint density at radius 1 is 1.47 bits per heavy atom. The summed E-state index contributed by atoms with van der Waals surface area (Å²) in [5, 5.41) is 12.1. The number of carbonyl (C=O) groups is 1. The van der Waals surface area contributed by atoms with Crippen molar-refractivity contribution in [3.63, 3.8) is 0 Å². The quantitative estimate of drug-likeness (QED) is 0.715. The summed E-state index contributed by atoms with van der Waals surface area (Å²) in [5.41, 5.74) is 1.17. The molecule has 1 fully saturated rings. The predicted octanol–water partition coefficient (Wildman–Crippen LogP) is 0.628. The smallest absolute Gasteiger partial charge is 0.326 e. The topological polar surface area (TPSA) is 104 Å². The highest BCUT2D eigenvalue weighted by Gasteiger charge is 2.36. The molecule has 1 unspecified atom stereocenters. The van der Waals surface area contributed by atoms with Gasteiger partial charge in [0.2, 0.25) is 0 Å². The number of imidazole rings is 1. The zero-order valence-electron chi connectivity index (χ0n) is 8.92. The number of hydrogen-bond acceptors (Lipinski definition) is 5. The Kier molecular flexibility index (Phi) is 2.17. The number of hydrogen-bond donors (Lipinski definition) is 3. The van der Waals surface area contributed by atoms with E-state index in [1.807, 2.05) is 0 Å². The minimum Gasteiger partial charge on any atom is -0.480 e. The highest BCUT2D eigenvalue weighted by atomic mass is 16.4. The summed E-state index contributed by atoms with van der Waals surface area (Å²) < 4.78 is 0. The van der Waals surface area contributed by atoms with Crippen molar-refractivity contribution in [3.8, 4) is 0 Å². The van der Waals surface area contributed by atoms with Crippen LogP contribution in [0, 0.1) is 5.92 Å². The second-order valence-electron chi connectivity index (χ2n) is 4.12. The van der Waals surface area contributed by atoms with Crippen LogP contribution >= 0.6 is 0 Å². The van der Waals surface area contributed by atoms with E-state index in [4.69, 9.17) is 5.11 Å². The second kappa shape index (κ2) is 3.69. The molecule has 1 aliphatic carbocycles. The molecule has 3 N–H and O–H groups in total. The molecule has 1 aliphatic rings. The van der Waals surface area contributed by atoms with Crippen LogP contribution in [0.2, 0.25) is 0 Å². The van der Waals surface area contributed by atoms with E-state index in [0.717, 1.165) is 12.8 Å². The molecule has 2 heterocycles. The van der Waals surface area contributed by atoms with Crippen LogP contribution in [-0.4, -0.2) is 37.1 Å². The zero-order valence-corrected chi connectivity index (χ0v) is 8.92. The van der Waals surface area contributed by atoms with Gasteiger partial charge < -0.3 is 15.4 Å². The summed E-state index contributed by atoms with van der Waals surface area (Å²) >= 11 is 0. The van der Waals surface area contributed by atoms with Crippen molar-refractivity contribution in [3.05, 3.63) is 12.7 Å². The van der Waals surface area contributed by atoms with Gasteiger partial charge in [-0.15, -0.1) is 0 Å². The van der Waals surface area contributed by atoms with Crippen molar-refractivity contribution in [2.45, 2.75) is 18.9 Å². The summed E-state index contributed by atoms with van der Waals surface area (Å²) in [7, 11) is 0. The molecular formula is C10H11N5O2. The van der Waals surface area contributed by atoms with E-state index < -0.39 is 12.0 Å². The first-order valence-corrected chi connectivity index (χ1v) is 5.39. The van der Waals surface area contributed by atoms with E-state index in [1.165, 1.54) is 12.7 Å². The number of rotatable bonds is 4. The van der Waals surface area contributed by atoms with Crippen molar-refractivity contribution < 1.29 is 9.90 Å². The van der Waals surface area contributed by atoms with E-state index in [-0.39, 0.29) is 5.92 Å². The average Bonchev–Trinajstić information content (AvgIpc) is 3.02.